The van der Waals surface area contributed by atoms with E-state index in [0.29, 0.717) is 18.2 Å². The fourth-order valence-corrected chi connectivity index (χ4v) is 4.76. The molecule has 8 nitrogen and oxygen atoms in total. The molecule has 8 heteroatoms. The van der Waals surface area contributed by atoms with Gasteiger partial charge in [-0.15, -0.1) is 0 Å². The number of pyridine rings is 1. The number of carbonyl (C=O) groups excluding carboxylic acids is 1. The van der Waals surface area contributed by atoms with Crippen molar-refractivity contribution in [1.29, 1.82) is 0 Å². The van der Waals surface area contributed by atoms with E-state index in [4.69, 9.17) is 4.98 Å². The van der Waals surface area contributed by atoms with E-state index in [1.807, 2.05) is 35.2 Å². The standard InChI is InChI=1S/C26H29N7O/c1-31-17-21(15-28-31)20-4-5-23-24(13-20)30-25(29-23)14-22-12-18(6-7-27-22)16-32-8-10-33(11-9-32)26(34)19-2-3-19/h4-7,12-13,15,17,19H,2-3,8-11,14,16H2,1H3,(H,29,30). The van der Waals surface area contributed by atoms with Gasteiger partial charge in [0.25, 0.3) is 0 Å². The van der Waals surface area contributed by atoms with E-state index in [9.17, 15) is 4.79 Å². The van der Waals surface area contributed by atoms with Crippen molar-refractivity contribution in [3.63, 3.8) is 0 Å². The van der Waals surface area contributed by atoms with Gasteiger partial charge in [-0.2, -0.15) is 5.10 Å². The topological polar surface area (TPSA) is 82.9 Å². The van der Waals surface area contributed by atoms with Crippen molar-refractivity contribution < 1.29 is 4.79 Å². The highest BCUT2D eigenvalue weighted by Gasteiger charge is 2.34. The van der Waals surface area contributed by atoms with Crippen molar-refractivity contribution in [3.8, 4) is 11.1 Å². The van der Waals surface area contributed by atoms with E-state index in [0.717, 1.165) is 79.2 Å². The van der Waals surface area contributed by atoms with Crippen LogP contribution in [0.15, 0.2) is 48.9 Å². The summed E-state index contributed by atoms with van der Waals surface area (Å²) in [5.74, 6) is 1.59. The number of aromatic amines is 1. The molecule has 6 rings (SSSR count). The molecule has 2 fully saturated rings. The van der Waals surface area contributed by atoms with Crippen molar-refractivity contribution in [1.82, 2.24) is 34.5 Å². The maximum atomic E-state index is 12.3. The molecular formula is C26H29N7O. The minimum atomic E-state index is 0.314. The van der Waals surface area contributed by atoms with Gasteiger partial charge in [0.15, 0.2) is 0 Å². The number of amides is 1. The number of hydrogen-bond acceptors (Lipinski definition) is 5. The molecule has 1 saturated heterocycles. The zero-order valence-electron chi connectivity index (χ0n) is 19.4. The largest absolute Gasteiger partial charge is 0.342 e. The molecule has 1 N–H and O–H groups in total. The molecule has 1 aliphatic heterocycles. The Morgan fingerprint density at radius 3 is 2.71 bits per heavy atom. The van der Waals surface area contributed by atoms with E-state index in [2.05, 4.69) is 50.3 Å². The maximum Gasteiger partial charge on any atom is 0.225 e. The number of nitrogens with one attached hydrogen (secondary N) is 1. The summed E-state index contributed by atoms with van der Waals surface area (Å²) in [6.07, 6.45) is 8.60. The minimum absolute atomic E-state index is 0.314. The second-order valence-corrected chi connectivity index (χ2v) is 9.53. The van der Waals surface area contributed by atoms with Crippen molar-refractivity contribution in [2.75, 3.05) is 26.2 Å². The summed E-state index contributed by atoms with van der Waals surface area (Å²) in [4.78, 5) is 29.6. The lowest BCUT2D eigenvalue weighted by Gasteiger charge is -2.35. The highest BCUT2D eigenvalue weighted by atomic mass is 16.2. The third-order valence-corrected chi connectivity index (χ3v) is 6.82. The quantitative estimate of drug-likeness (QED) is 0.483. The number of aromatic nitrogens is 5. The van der Waals surface area contributed by atoms with Crippen LogP contribution in [0.3, 0.4) is 0 Å². The van der Waals surface area contributed by atoms with Crippen LogP contribution < -0.4 is 0 Å². The molecule has 3 aromatic heterocycles. The van der Waals surface area contributed by atoms with E-state index < -0.39 is 0 Å². The Bertz CT molecular complexity index is 1330. The van der Waals surface area contributed by atoms with Gasteiger partial charge in [-0.1, -0.05) is 6.07 Å². The first kappa shape index (κ1) is 21.0. The lowest BCUT2D eigenvalue weighted by Crippen LogP contribution is -2.48. The summed E-state index contributed by atoms with van der Waals surface area (Å²) in [5, 5.41) is 4.27. The third-order valence-electron chi connectivity index (χ3n) is 6.82. The molecule has 34 heavy (non-hydrogen) atoms. The van der Waals surface area contributed by atoms with Gasteiger partial charge >= 0.3 is 0 Å². The summed E-state index contributed by atoms with van der Waals surface area (Å²) >= 11 is 0. The predicted octanol–water partition coefficient (Wildman–Crippen LogP) is 3.00. The summed E-state index contributed by atoms with van der Waals surface area (Å²) in [7, 11) is 1.92. The molecule has 0 bridgehead atoms. The number of carbonyl (C=O) groups is 1. The van der Waals surface area contributed by atoms with Crippen LogP contribution in [0.1, 0.15) is 29.9 Å². The van der Waals surface area contributed by atoms with Crippen molar-refractivity contribution in [2.24, 2.45) is 13.0 Å². The molecule has 4 heterocycles. The number of benzene rings is 1. The number of nitrogens with zero attached hydrogens (tertiary/aromatic N) is 6. The lowest BCUT2D eigenvalue weighted by molar-refractivity contribution is -0.134. The summed E-state index contributed by atoms with van der Waals surface area (Å²) in [5.41, 5.74) is 6.44. The Kier molecular flexibility index (Phi) is 5.37. The number of H-pyrrole nitrogens is 1. The van der Waals surface area contributed by atoms with Gasteiger partial charge in [-0.25, -0.2) is 4.98 Å². The van der Waals surface area contributed by atoms with Crippen LogP contribution in [0, 0.1) is 5.92 Å². The number of rotatable bonds is 6. The Morgan fingerprint density at radius 2 is 1.94 bits per heavy atom. The first-order chi connectivity index (χ1) is 16.6. The number of aryl methyl sites for hydroxylation is 1. The van der Waals surface area contributed by atoms with Crippen LogP contribution >= 0.6 is 0 Å². The summed E-state index contributed by atoms with van der Waals surface area (Å²) in [6.45, 7) is 4.42. The molecule has 1 amide bonds. The van der Waals surface area contributed by atoms with Gasteiger partial charge in [-0.05, 0) is 48.2 Å². The molecule has 1 saturated carbocycles. The van der Waals surface area contributed by atoms with Crippen LogP contribution in [0.5, 0.6) is 0 Å². The predicted molar refractivity (Wildman–Crippen MR) is 130 cm³/mol. The van der Waals surface area contributed by atoms with E-state index in [-0.39, 0.29) is 0 Å². The smallest absolute Gasteiger partial charge is 0.225 e. The Balaban J connectivity index is 1.11. The SMILES string of the molecule is Cn1cc(-c2ccc3nc(Cc4cc(CN5CCN(C(=O)C6CC6)CC5)ccn4)[nH]c3c2)cn1. The molecule has 0 radical (unpaired) electrons. The molecule has 1 aromatic carbocycles. The van der Waals surface area contributed by atoms with Crippen LogP contribution in [0.25, 0.3) is 22.2 Å². The summed E-state index contributed by atoms with van der Waals surface area (Å²) in [6, 6.07) is 10.5. The molecule has 4 aromatic rings. The summed E-state index contributed by atoms with van der Waals surface area (Å²) < 4.78 is 1.81. The van der Waals surface area contributed by atoms with E-state index in [1.54, 1.807) is 0 Å². The molecule has 174 valence electrons. The van der Waals surface area contributed by atoms with Gasteiger partial charge < -0.3 is 9.88 Å². The Labute approximate surface area is 198 Å². The number of imidazole rings is 1. The number of fused-ring (bicyclic) bond motifs is 1. The number of piperazine rings is 1. The molecule has 0 unspecified atom stereocenters. The zero-order valence-corrected chi connectivity index (χ0v) is 19.4. The molecule has 0 spiro atoms. The monoisotopic (exact) mass is 455 g/mol. The van der Waals surface area contributed by atoms with Gasteiger partial charge in [0.1, 0.15) is 5.82 Å². The normalized spacial score (nSPS) is 16.9. The van der Waals surface area contributed by atoms with Crippen LogP contribution in [-0.4, -0.2) is 66.6 Å². The van der Waals surface area contributed by atoms with E-state index in [1.165, 1.54) is 5.56 Å². The number of hydrogen-bond donors (Lipinski definition) is 1. The van der Waals surface area contributed by atoms with Gasteiger partial charge in [0.2, 0.25) is 5.91 Å². The fourth-order valence-electron chi connectivity index (χ4n) is 4.76. The van der Waals surface area contributed by atoms with Crippen LogP contribution in [0.4, 0.5) is 0 Å². The first-order valence-electron chi connectivity index (χ1n) is 12.0. The minimum Gasteiger partial charge on any atom is -0.342 e. The average Bonchev–Trinajstić information content (AvgIpc) is 3.48. The molecular weight excluding hydrogens is 426 g/mol. The zero-order chi connectivity index (χ0) is 23.1. The Hall–Kier alpha value is -3.52. The highest BCUT2D eigenvalue weighted by Crippen LogP contribution is 2.31. The second kappa shape index (κ2) is 8.68. The fraction of sp³-hybridized carbons (Fsp3) is 0.385. The van der Waals surface area contributed by atoms with Crippen molar-refractivity contribution in [2.45, 2.75) is 25.8 Å². The van der Waals surface area contributed by atoms with Crippen molar-refractivity contribution >= 4 is 16.9 Å². The van der Waals surface area contributed by atoms with Gasteiger partial charge in [-0.3, -0.25) is 19.4 Å². The maximum absolute atomic E-state index is 12.3. The molecule has 1 aliphatic carbocycles. The molecule has 2 aliphatic rings. The van der Waals surface area contributed by atoms with Crippen molar-refractivity contribution in [3.05, 3.63) is 66.0 Å². The lowest BCUT2D eigenvalue weighted by atomic mass is 10.1. The van der Waals surface area contributed by atoms with Gasteiger partial charge in [0.05, 0.1) is 17.2 Å². The van der Waals surface area contributed by atoms with E-state index >= 15 is 0 Å². The molecule has 0 atom stereocenters. The van der Waals surface area contributed by atoms with Crippen LogP contribution in [-0.2, 0) is 24.8 Å². The van der Waals surface area contributed by atoms with Gasteiger partial charge in [0, 0.05) is 75.8 Å². The second-order valence-electron chi connectivity index (χ2n) is 9.53. The van der Waals surface area contributed by atoms with Crippen LogP contribution in [0.2, 0.25) is 0 Å². The Morgan fingerprint density at radius 1 is 1.09 bits per heavy atom. The average molecular weight is 456 g/mol. The highest BCUT2D eigenvalue weighted by molar-refractivity contribution is 5.82. The third kappa shape index (κ3) is 4.46. The first-order valence-corrected chi connectivity index (χ1v) is 12.0.